The third kappa shape index (κ3) is 4.65. The molecule has 0 saturated heterocycles. The topological polar surface area (TPSA) is 20.3 Å². The van der Waals surface area contributed by atoms with Crippen LogP contribution in [0.4, 0.5) is 0 Å². The van der Waals surface area contributed by atoms with Crippen LogP contribution in [0.2, 0.25) is 0 Å². The highest BCUT2D eigenvalue weighted by atomic mass is 16.2. The van der Waals surface area contributed by atoms with Crippen LogP contribution in [0.1, 0.15) is 38.8 Å². The quantitative estimate of drug-likeness (QED) is 0.658. The molecule has 1 heterocycles. The SMILES string of the molecule is CC1=CC(=O)N(Cc2ccccc2)/C1=C(/C=C/C(C)(C)C)c1ccccc1. The van der Waals surface area contributed by atoms with E-state index in [0.717, 1.165) is 28.0 Å². The summed E-state index contributed by atoms with van der Waals surface area (Å²) >= 11 is 0. The molecule has 0 radical (unpaired) electrons. The molecule has 2 aromatic rings. The van der Waals surface area contributed by atoms with Crippen molar-refractivity contribution in [2.45, 2.75) is 34.2 Å². The Kier molecular flexibility index (Phi) is 5.46. The lowest BCUT2D eigenvalue weighted by molar-refractivity contribution is -0.123. The van der Waals surface area contributed by atoms with Gasteiger partial charge in [-0.2, -0.15) is 0 Å². The molecule has 138 valence electrons. The summed E-state index contributed by atoms with van der Waals surface area (Å²) in [4.78, 5) is 14.6. The van der Waals surface area contributed by atoms with Gasteiger partial charge in [0.2, 0.25) is 0 Å². The van der Waals surface area contributed by atoms with Crippen LogP contribution in [0.5, 0.6) is 0 Å². The van der Waals surface area contributed by atoms with Crippen LogP contribution in [0.25, 0.3) is 5.57 Å². The summed E-state index contributed by atoms with van der Waals surface area (Å²) in [5, 5.41) is 0. The molecule has 0 spiro atoms. The summed E-state index contributed by atoms with van der Waals surface area (Å²) in [6.45, 7) is 9.14. The fraction of sp³-hybridized carbons (Fsp3) is 0.240. The zero-order valence-electron chi connectivity index (χ0n) is 16.6. The molecule has 0 saturated carbocycles. The lowest BCUT2D eigenvalue weighted by Gasteiger charge is -2.23. The lowest BCUT2D eigenvalue weighted by Crippen LogP contribution is -2.24. The molecule has 0 fully saturated rings. The minimum absolute atomic E-state index is 0.0453. The molecule has 0 atom stereocenters. The predicted molar refractivity (Wildman–Crippen MR) is 113 cm³/mol. The standard InChI is InChI=1S/C25H27NO/c1-19-17-23(27)26(18-20-11-7-5-8-12-20)24(19)22(15-16-25(2,3)4)21-13-9-6-10-14-21/h5-17H,18H2,1-4H3/b16-15+,24-22-. The summed E-state index contributed by atoms with van der Waals surface area (Å²) in [6, 6.07) is 20.4. The van der Waals surface area contributed by atoms with Crippen molar-refractivity contribution in [1.29, 1.82) is 0 Å². The largest absolute Gasteiger partial charge is 0.304 e. The summed E-state index contributed by atoms with van der Waals surface area (Å²) in [6.07, 6.45) is 6.11. The Morgan fingerprint density at radius 1 is 0.963 bits per heavy atom. The van der Waals surface area contributed by atoms with Crippen LogP contribution < -0.4 is 0 Å². The minimum atomic E-state index is 0.0453. The van der Waals surface area contributed by atoms with Crippen LogP contribution in [0, 0.1) is 5.41 Å². The third-order valence-corrected chi connectivity index (χ3v) is 4.52. The van der Waals surface area contributed by atoms with Gasteiger partial charge in [0.05, 0.1) is 12.2 Å². The maximum absolute atomic E-state index is 12.7. The zero-order chi connectivity index (χ0) is 19.4. The zero-order valence-corrected chi connectivity index (χ0v) is 16.6. The Morgan fingerprint density at radius 2 is 1.56 bits per heavy atom. The van der Waals surface area contributed by atoms with E-state index in [1.165, 1.54) is 0 Å². The van der Waals surface area contributed by atoms with Crippen LogP contribution in [-0.2, 0) is 11.3 Å². The normalized spacial score (nSPS) is 16.8. The van der Waals surface area contributed by atoms with Crippen LogP contribution in [-0.4, -0.2) is 10.8 Å². The second-order valence-electron chi connectivity index (χ2n) is 8.06. The Labute approximate surface area is 162 Å². The number of rotatable bonds is 4. The van der Waals surface area contributed by atoms with Gasteiger partial charge in [0.15, 0.2) is 0 Å². The molecule has 0 aliphatic carbocycles. The van der Waals surface area contributed by atoms with Crippen LogP contribution >= 0.6 is 0 Å². The molecule has 1 aliphatic heterocycles. The van der Waals surface area contributed by atoms with Gasteiger partial charge in [-0.25, -0.2) is 0 Å². The average molecular weight is 357 g/mol. The second-order valence-corrected chi connectivity index (χ2v) is 8.06. The number of benzene rings is 2. The van der Waals surface area contributed by atoms with Gasteiger partial charge in [-0.15, -0.1) is 0 Å². The van der Waals surface area contributed by atoms with Crippen molar-refractivity contribution >= 4 is 11.5 Å². The monoisotopic (exact) mass is 357 g/mol. The summed E-state index contributed by atoms with van der Waals surface area (Å²) in [5.74, 6) is 0.0453. The molecular formula is C25H27NO. The first-order chi connectivity index (χ1) is 12.8. The number of nitrogens with zero attached hydrogens (tertiary/aromatic N) is 1. The van der Waals surface area contributed by atoms with Gasteiger partial charge in [-0.3, -0.25) is 4.79 Å². The first-order valence-electron chi connectivity index (χ1n) is 9.38. The summed E-state index contributed by atoms with van der Waals surface area (Å²) in [5.41, 5.74) is 5.39. The Balaban J connectivity index is 2.12. The van der Waals surface area contributed by atoms with Crippen LogP contribution in [0.15, 0.2) is 90.2 Å². The minimum Gasteiger partial charge on any atom is -0.304 e. The van der Waals surface area contributed by atoms with Crippen molar-refractivity contribution in [3.05, 3.63) is 101 Å². The van der Waals surface area contributed by atoms with Crippen molar-refractivity contribution in [3.8, 4) is 0 Å². The molecule has 1 aliphatic rings. The molecule has 3 rings (SSSR count). The Bertz CT molecular complexity index is 896. The second kappa shape index (κ2) is 7.79. The highest BCUT2D eigenvalue weighted by Crippen LogP contribution is 2.34. The molecule has 0 bridgehead atoms. The fourth-order valence-electron chi connectivity index (χ4n) is 3.20. The number of amides is 1. The number of hydrogen-bond acceptors (Lipinski definition) is 1. The lowest BCUT2D eigenvalue weighted by atomic mass is 9.92. The molecule has 0 aromatic heterocycles. The maximum Gasteiger partial charge on any atom is 0.251 e. The molecule has 2 heteroatoms. The number of hydrogen-bond donors (Lipinski definition) is 0. The molecule has 0 N–H and O–H groups in total. The fourth-order valence-corrected chi connectivity index (χ4v) is 3.20. The van der Waals surface area contributed by atoms with Gasteiger partial charge in [0, 0.05) is 11.6 Å². The van der Waals surface area contributed by atoms with Gasteiger partial charge < -0.3 is 4.90 Å². The van der Waals surface area contributed by atoms with E-state index in [0.29, 0.717) is 6.54 Å². The third-order valence-electron chi connectivity index (χ3n) is 4.52. The van der Waals surface area contributed by atoms with E-state index in [1.54, 1.807) is 6.08 Å². The van der Waals surface area contributed by atoms with Gasteiger partial charge in [-0.1, -0.05) is 93.6 Å². The van der Waals surface area contributed by atoms with Gasteiger partial charge in [0.25, 0.3) is 5.91 Å². The summed E-state index contributed by atoms with van der Waals surface area (Å²) < 4.78 is 0. The molecule has 2 aromatic carbocycles. The van der Waals surface area contributed by atoms with E-state index >= 15 is 0 Å². The van der Waals surface area contributed by atoms with Crippen molar-refractivity contribution < 1.29 is 4.79 Å². The van der Waals surface area contributed by atoms with Crippen LogP contribution in [0.3, 0.4) is 0 Å². The smallest absolute Gasteiger partial charge is 0.251 e. The van der Waals surface area contributed by atoms with Gasteiger partial charge in [0.1, 0.15) is 0 Å². The van der Waals surface area contributed by atoms with E-state index in [2.05, 4.69) is 57.2 Å². The number of carbonyl (C=O) groups is 1. The van der Waals surface area contributed by atoms with E-state index in [1.807, 2.05) is 48.2 Å². The van der Waals surface area contributed by atoms with Crippen molar-refractivity contribution in [2.75, 3.05) is 0 Å². The average Bonchev–Trinajstić information content (AvgIpc) is 2.90. The van der Waals surface area contributed by atoms with Gasteiger partial charge in [-0.05, 0) is 29.0 Å². The first-order valence-corrected chi connectivity index (χ1v) is 9.38. The van der Waals surface area contributed by atoms with Crippen molar-refractivity contribution in [3.63, 3.8) is 0 Å². The van der Waals surface area contributed by atoms with Gasteiger partial charge >= 0.3 is 0 Å². The van der Waals surface area contributed by atoms with E-state index in [9.17, 15) is 4.79 Å². The number of allylic oxidation sites excluding steroid dienone is 4. The number of carbonyl (C=O) groups excluding carboxylic acids is 1. The highest BCUT2D eigenvalue weighted by Gasteiger charge is 2.28. The highest BCUT2D eigenvalue weighted by molar-refractivity contribution is 5.98. The molecule has 1 amide bonds. The molecular weight excluding hydrogens is 330 g/mol. The predicted octanol–water partition coefficient (Wildman–Crippen LogP) is 5.99. The molecule has 2 nitrogen and oxygen atoms in total. The van der Waals surface area contributed by atoms with Crippen molar-refractivity contribution in [2.24, 2.45) is 5.41 Å². The Morgan fingerprint density at radius 3 is 2.15 bits per heavy atom. The Hall–Kier alpha value is -2.87. The molecule has 0 unspecified atom stereocenters. The van der Waals surface area contributed by atoms with E-state index in [-0.39, 0.29) is 11.3 Å². The van der Waals surface area contributed by atoms with Crippen molar-refractivity contribution in [1.82, 2.24) is 4.90 Å². The van der Waals surface area contributed by atoms with E-state index < -0.39 is 0 Å². The molecule has 27 heavy (non-hydrogen) atoms. The summed E-state index contributed by atoms with van der Waals surface area (Å²) in [7, 11) is 0. The van der Waals surface area contributed by atoms with E-state index in [4.69, 9.17) is 0 Å². The maximum atomic E-state index is 12.7. The first kappa shape index (κ1) is 18.9.